The SMILES string of the molecule is O=C(CCn1ccnn1)N1CCC1(c1ccccc1)C(F)(F)F. The summed E-state index contributed by atoms with van der Waals surface area (Å²) in [5.74, 6) is -0.534. The Morgan fingerprint density at radius 3 is 2.52 bits per heavy atom. The van der Waals surface area contributed by atoms with Gasteiger partial charge in [-0.15, -0.1) is 5.10 Å². The van der Waals surface area contributed by atoms with E-state index in [1.807, 2.05) is 0 Å². The zero-order valence-corrected chi connectivity index (χ0v) is 12.2. The van der Waals surface area contributed by atoms with E-state index in [9.17, 15) is 18.0 Å². The molecule has 1 atom stereocenters. The first kappa shape index (κ1) is 15.5. The van der Waals surface area contributed by atoms with Gasteiger partial charge in [0.25, 0.3) is 0 Å². The van der Waals surface area contributed by atoms with E-state index in [0.717, 1.165) is 4.90 Å². The summed E-state index contributed by atoms with van der Waals surface area (Å²) in [7, 11) is 0. The first-order chi connectivity index (χ1) is 10.9. The predicted molar refractivity (Wildman–Crippen MR) is 75.1 cm³/mol. The van der Waals surface area contributed by atoms with Crippen molar-refractivity contribution < 1.29 is 18.0 Å². The number of aromatic nitrogens is 3. The summed E-state index contributed by atoms with van der Waals surface area (Å²) in [6.45, 7) is 0.308. The van der Waals surface area contributed by atoms with Crippen LogP contribution in [0.15, 0.2) is 42.7 Å². The van der Waals surface area contributed by atoms with Gasteiger partial charge in [0.15, 0.2) is 5.54 Å². The molecular weight excluding hydrogens is 309 g/mol. The number of carbonyl (C=O) groups is 1. The normalized spacial score (nSPS) is 21.1. The molecule has 2 aromatic rings. The second kappa shape index (κ2) is 5.68. The number of likely N-dealkylation sites (tertiary alicyclic amines) is 1. The van der Waals surface area contributed by atoms with Gasteiger partial charge >= 0.3 is 6.18 Å². The van der Waals surface area contributed by atoms with Crippen LogP contribution in [0, 0.1) is 0 Å². The van der Waals surface area contributed by atoms with Crippen molar-refractivity contribution in [3.63, 3.8) is 0 Å². The maximum absolute atomic E-state index is 13.7. The van der Waals surface area contributed by atoms with Gasteiger partial charge in [0.1, 0.15) is 0 Å². The topological polar surface area (TPSA) is 51.0 Å². The van der Waals surface area contributed by atoms with Crippen molar-refractivity contribution in [2.45, 2.75) is 31.1 Å². The number of halogens is 3. The van der Waals surface area contributed by atoms with Gasteiger partial charge in [-0.3, -0.25) is 9.48 Å². The van der Waals surface area contributed by atoms with Gasteiger partial charge in [-0.2, -0.15) is 13.2 Å². The lowest BCUT2D eigenvalue weighted by Crippen LogP contribution is -2.67. The van der Waals surface area contributed by atoms with Crippen LogP contribution in [0.25, 0.3) is 0 Å². The minimum Gasteiger partial charge on any atom is -0.324 e. The molecule has 0 bridgehead atoms. The number of aryl methyl sites for hydroxylation is 1. The molecule has 3 rings (SSSR count). The van der Waals surface area contributed by atoms with Crippen molar-refractivity contribution in [3.05, 3.63) is 48.3 Å². The molecule has 2 heterocycles. The fraction of sp³-hybridized carbons (Fsp3) is 0.400. The van der Waals surface area contributed by atoms with E-state index in [2.05, 4.69) is 10.3 Å². The van der Waals surface area contributed by atoms with Crippen LogP contribution in [-0.4, -0.2) is 38.5 Å². The first-order valence-electron chi connectivity index (χ1n) is 7.22. The maximum Gasteiger partial charge on any atom is 0.416 e. The molecule has 1 aromatic heterocycles. The molecule has 1 aliphatic heterocycles. The summed E-state index contributed by atoms with van der Waals surface area (Å²) in [6, 6.07) is 7.61. The van der Waals surface area contributed by atoms with Gasteiger partial charge in [0.05, 0.1) is 12.7 Å². The minimum atomic E-state index is -4.52. The number of amides is 1. The van der Waals surface area contributed by atoms with Crippen LogP contribution in [0.3, 0.4) is 0 Å². The van der Waals surface area contributed by atoms with Gasteiger partial charge in [0.2, 0.25) is 5.91 Å². The smallest absolute Gasteiger partial charge is 0.324 e. The number of hydrogen-bond donors (Lipinski definition) is 0. The number of nitrogens with zero attached hydrogens (tertiary/aromatic N) is 4. The summed E-state index contributed by atoms with van der Waals surface area (Å²) < 4.78 is 42.7. The molecular formula is C15H15F3N4O. The number of carbonyl (C=O) groups excluding carboxylic acids is 1. The third-order valence-electron chi connectivity index (χ3n) is 4.21. The Hall–Kier alpha value is -2.38. The summed E-state index contributed by atoms with van der Waals surface area (Å²) in [6.07, 6.45) is -1.66. The molecule has 1 saturated heterocycles. The third kappa shape index (κ3) is 2.58. The van der Waals surface area contributed by atoms with E-state index in [1.54, 1.807) is 24.4 Å². The molecule has 1 amide bonds. The Morgan fingerprint density at radius 2 is 2.00 bits per heavy atom. The molecule has 0 saturated carbocycles. The molecule has 1 fully saturated rings. The summed E-state index contributed by atoms with van der Waals surface area (Å²) in [4.78, 5) is 13.3. The van der Waals surface area contributed by atoms with Crippen molar-refractivity contribution in [2.75, 3.05) is 6.54 Å². The molecule has 5 nitrogen and oxygen atoms in total. The molecule has 1 aliphatic rings. The Morgan fingerprint density at radius 1 is 1.26 bits per heavy atom. The van der Waals surface area contributed by atoms with Crippen molar-refractivity contribution >= 4 is 5.91 Å². The second-order valence-electron chi connectivity index (χ2n) is 5.44. The van der Waals surface area contributed by atoms with Crippen LogP contribution in [0.2, 0.25) is 0 Å². The Kier molecular flexibility index (Phi) is 3.83. The average Bonchev–Trinajstić information content (AvgIpc) is 2.97. The monoisotopic (exact) mass is 324 g/mol. The molecule has 122 valence electrons. The molecule has 0 radical (unpaired) electrons. The average molecular weight is 324 g/mol. The van der Waals surface area contributed by atoms with E-state index in [-0.39, 0.29) is 31.5 Å². The van der Waals surface area contributed by atoms with Crippen LogP contribution >= 0.6 is 0 Å². The van der Waals surface area contributed by atoms with E-state index in [4.69, 9.17) is 0 Å². The lowest BCUT2D eigenvalue weighted by molar-refractivity contribution is -0.268. The van der Waals surface area contributed by atoms with E-state index in [0.29, 0.717) is 0 Å². The number of alkyl halides is 3. The van der Waals surface area contributed by atoms with E-state index >= 15 is 0 Å². The largest absolute Gasteiger partial charge is 0.416 e. The zero-order valence-electron chi connectivity index (χ0n) is 12.2. The van der Waals surface area contributed by atoms with Crippen LogP contribution in [0.1, 0.15) is 18.4 Å². The first-order valence-corrected chi connectivity index (χ1v) is 7.22. The molecule has 0 N–H and O–H groups in total. The molecule has 8 heteroatoms. The highest BCUT2D eigenvalue weighted by atomic mass is 19.4. The Bertz CT molecular complexity index is 672. The summed E-state index contributed by atoms with van der Waals surface area (Å²) in [5.41, 5.74) is -2.11. The highest BCUT2D eigenvalue weighted by Crippen LogP contribution is 2.52. The van der Waals surface area contributed by atoms with Crippen LogP contribution < -0.4 is 0 Å². The predicted octanol–water partition coefficient (Wildman–Crippen LogP) is 2.36. The van der Waals surface area contributed by atoms with Gasteiger partial charge in [0, 0.05) is 25.6 Å². The molecule has 1 unspecified atom stereocenters. The van der Waals surface area contributed by atoms with Crippen molar-refractivity contribution in [1.29, 1.82) is 0 Å². The second-order valence-corrected chi connectivity index (χ2v) is 5.44. The molecule has 1 aromatic carbocycles. The highest BCUT2D eigenvalue weighted by Gasteiger charge is 2.65. The fourth-order valence-electron chi connectivity index (χ4n) is 2.95. The Balaban J connectivity index is 1.82. The van der Waals surface area contributed by atoms with E-state index < -0.39 is 17.6 Å². The van der Waals surface area contributed by atoms with Gasteiger partial charge in [-0.25, -0.2) is 0 Å². The van der Waals surface area contributed by atoms with Gasteiger partial charge < -0.3 is 4.90 Å². The van der Waals surface area contributed by atoms with Gasteiger partial charge in [-0.05, 0) is 5.56 Å². The molecule has 23 heavy (non-hydrogen) atoms. The fourth-order valence-corrected chi connectivity index (χ4v) is 2.95. The summed E-state index contributed by atoms with van der Waals surface area (Å²) >= 11 is 0. The third-order valence-corrected chi connectivity index (χ3v) is 4.21. The minimum absolute atomic E-state index is 0.0476. The van der Waals surface area contributed by atoms with Crippen molar-refractivity contribution in [1.82, 2.24) is 19.9 Å². The van der Waals surface area contributed by atoms with Crippen LogP contribution in [0.5, 0.6) is 0 Å². The van der Waals surface area contributed by atoms with E-state index in [1.165, 1.54) is 23.0 Å². The zero-order chi connectivity index (χ0) is 16.5. The summed E-state index contributed by atoms with van der Waals surface area (Å²) in [5, 5.41) is 7.31. The highest BCUT2D eigenvalue weighted by molar-refractivity contribution is 5.78. The van der Waals surface area contributed by atoms with Gasteiger partial charge in [-0.1, -0.05) is 35.5 Å². The van der Waals surface area contributed by atoms with Crippen molar-refractivity contribution in [3.8, 4) is 0 Å². The Labute approximate surface area is 130 Å². The molecule has 0 aliphatic carbocycles. The van der Waals surface area contributed by atoms with Crippen molar-refractivity contribution in [2.24, 2.45) is 0 Å². The standard InChI is InChI=1S/C15H15F3N4O/c16-15(17,18)14(12-4-2-1-3-5-12)7-10-22(14)13(23)6-9-21-11-8-19-20-21/h1-5,8,11H,6-7,9-10H2. The van der Waals surface area contributed by atoms with Crippen LogP contribution in [-0.2, 0) is 16.9 Å². The quantitative estimate of drug-likeness (QED) is 0.867. The van der Waals surface area contributed by atoms with Crippen LogP contribution in [0.4, 0.5) is 13.2 Å². The maximum atomic E-state index is 13.7. The molecule has 0 spiro atoms. The number of rotatable bonds is 4. The lowest BCUT2D eigenvalue weighted by Gasteiger charge is -2.53. The number of hydrogen-bond acceptors (Lipinski definition) is 3. The number of benzene rings is 1. The lowest BCUT2D eigenvalue weighted by atomic mass is 9.77.